The molecule has 3 rings (SSSR count). The predicted octanol–water partition coefficient (Wildman–Crippen LogP) is 1.13. The van der Waals surface area contributed by atoms with Crippen molar-refractivity contribution < 1.29 is 22.7 Å². The Morgan fingerprint density at radius 1 is 1.37 bits per heavy atom. The highest BCUT2D eigenvalue weighted by Gasteiger charge is 2.35. The molecule has 1 aliphatic rings. The van der Waals surface area contributed by atoms with E-state index in [1.807, 2.05) is 0 Å². The van der Waals surface area contributed by atoms with Gasteiger partial charge in [0.15, 0.2) is 5.16 Å². The number of nitrogens with one attached hydrogen (secondary N) is 2. The summed E-state index contributed by atoms with van der Waals surface area (Å²) in [6, 6.07) is 4.64. The molecule has 1 amide bonds. The Hall–Kier alpha value is -2.31. The number of piperidine rings is 1. The van der Waals surface area contributed by atoms with Gasteiger partial charge in [-0.15, -0.1) is 0 Å². The molecule has 1 saturated heterocycles. The predicted molar refractivity (Wildman–Crippen MR) is 111 cm³/mol. The van der Waals surface area contributed by atoms with Crippen molar-refractivity contribution in [3.05, 3.63) is 24.5 Å². The molecule has 12 heteroatoms. The lowest BCUT2D eigenvalue weighted by Gasteiger charge is -2.31. The van der Waals surface area contributed by atoms with Crippen LogP contribution in [0, 0.1) is 5.92 Å². The van der Waals surface area contributed by atoms with E-state index in [1.165, 1.54) is 42.7 Å². The Morgan fingerprint density at radius 2 is 2.20 bits per heavy atom. The summed E-state index contributed by atoms with van der Waals surface area (Å²) in [4.78, 5) is 16.6. The summed E-state index contributed by atoms with van der Waals surface area (Å²) in [5.41, 5.74) is 0. The van der Waals surface area contributed by atoms with Crippen LogP contribution in [0.4, 0.5) is 0 Å². The van der Waals surface area contributed by atoms with E-state index in [9.17, 15) is 13.2 Å². The van der Waals surface area contributed by atoms with Gasteiger partial charge in [0.2, 0.25) is 15.9 Å². The third kappa shape index (κ3) is 5.24. The summed E-state index contributed by atoms with van der Waals surface area (Å²) in [5, 5.41) is 10.1. The van der Waals surface area contributed by atoms with Gasteiger partial charge in [-0.1, -0.05) is 11.8 Å². The first-order chi connectivity index (χ1) is 14.5. The first-order valence-corrected chi connectivity index (χ1v) is 11.9. The highest BCUT2D eigenvalue weighted by atomic mass is 32.2. The monoisotopic (exact) mass is 455 g/mol. The Balaban J connectivity index is 1.62. The van der Waals surface area contributed by atoms with E-state index in [0.29, 0.717) is 42.6 Å². The number of hydrogen-bond donors (Lipinski definition) is 2. The number of aromatic amines is 1. The summed E-state index contributed by atoms with van der Waals surface area (Å²) < 4.78 is 38.2. The molecule has 0 spiro atoms. The Bertz CT molecular complexity index is 952. The fourth-order valence-electron chi connectivity index (χ4n) is 3.23. The molecular formula is C18H25N5O5S2. The quantitative estimate of drug-likeness (QED) is 0.426. The van der Waals surface area contributed by atoms with Gasteiger partial charge in [0, 0.05) is 31.5 Å². The molecule has 0 bridgehead atoms. The molecule has 2 aromatic rings. The van der Waals surface area contributed by atoms with Crippen molar-refractivity contribution in [3.63, 3.8) is 0 Å². The number of H-pyrrole nitrogens is 1. The zero-order chi connectivity index (χ0) is 21.6. The van der Waals surface area contributed by atoms with Gasteiger partial charge in [-0.3, -0.25) is 9.89 Å². The van der Waals surface area contributed by atoms with Gasteiger partial charge in [-0.25, -0.2) is 13.4 Å². The Kier molecular flexibility index (Phi) is 7.56. The van der Waals surface area contributed by atoms with Gasteiger partial charge < -0.3 is 14.8 Å². The van der Waals surface area contributed by atoms with E-state index in [4.69, 9.17) is 9.47 Å². The van der Waals surface area contributed by atoms with Crippen molar-refractivity contribution in [2.24, 2.45) is 5.92 Å². The number of thioether (sulfide) groups is 1. The summed E-state index contributed by atoms with van der Waals surface area (Å²) in [5.74, 6) is 0.749. The standard InChI is InChI=1S/C18H25N5O5S2/c1-27-14-5-6-15(28-2)16(10-14)30(25,26)23-8-3-4-13(11-23)17(24)19-7-9-29-18-20-12-21-22-18/h5-6,10,12-13H,3-4,7-9,11H2,1-2H3,(H,19,24)(H,20,21,22)/t13-/m1/s1. The van der Waals surface area contributed by atoms with Crippen LogP contribution in [-0.4, -0.2) is 73.4 Å². The number of ether oxygens (including phenoxy) is 2. The molecule has 0 radical (unpaired) electrons. The second kappa shape index (κ2) is 10.1. The van der Waals surface area contributed by atoms with Crippen LogP contribution < -0.4 is 14.8 Å². The lowest BCUT2D eigenvalue weighted by atomic mass is 9.99. The van der Waals surface area contributed by atoms with Crippen LogP contribution in [-0.2, 0) is 14.8 Å². The average Bonchev–Trinajstić information content (AvgIpc) is 3.29. The van der Waals surface area contributed by atoms with Gasteiger partial charge in [0.1, 0.15) is 22.7 Å². The van der Waals surface area contributed by atoms with E-state index in [0.717, 1.165) is 0 Å². The number of aromatic nitrogens is 3. The van der Waals surface area contributed by atoms with E-state index < -0.39 is 15.9 Å². The first kappa shape index (κ1) is 22.4. The van der Waals surface area contributed by atoms with Crippen LogP contribution in [0.25, 0.3) is 0 Å². The molecule has 0 saturated carbocycles. The maximum atomic E-state index is 13.2. The fraction of sp³-hybridized carbons (Fsp3) is 0.500. The number of carbonyl (C=O) groups excluding carboxylic acids is 1. The molecule has 10 nitrogen and oxygen atoms in total. The molecule has 164 valence electrons. The maximum Gasteiger partial charge on any atom is 0.246 e. The van der Waals surface area contributed by atoms with Gasteiger partial charge >= 0.3 is 0 Å². The molecular weight excluding hydrogens is 430 g/mol. The Labute approximate surface area is 179 Å². The zero-order valence-electron chi connectivity index (χ0n) is 16.8. The number of amides is 1. The molecule has 2 heterocycles. The van der Waals surface area contributed by atoms with Crippen molar-refractivity contribution in [2.45, 2.75) is 22.9 Å². The zero-order valence-corrected chi connectivity index (χ0v) is 18.5. The highest BCUT2D eigenvalue weighted by molar-refractivity contribution is 7.99. The summed E-state index contributed by atoms with van der Waals surface area (Å²) in [6.45, 7) is 0.939. The molecule has 0 aliphatic carbocycles. The minimum Gasteiger partial charge on any atom is -0.497 e. The summed E-state index contributed by atoms with van der Waals surface area (Å²) >= 11 is 1.45. The smallest absolute Gasteiger partial charge is 0.246 e. The lowest BCUT2D eigenvalue weighted by molar-refractivity contribution is -0.125. The highest BCUT2D eigenvalue weighted by Crippen LogP contribution is 2.32. The summed E-state index contributed by atoms with van der Waals surface area (Å²) in [7, 11) is -0.941. The van der Waals surface area contributed by atoms with Gasteiger partial charge in [-0.05, 0) is 25.0 Å². The molecule has 30 heavy (non-hydrogen) atoms. The van der Waals surface area contributed by atoms with Gasteiger partial charge in [0.05, 0.1) is 20.1 Å². The van der Waals surface area contributed by atoms with Gasteiger partial charge in [-0.2, -0.15) is 9.40 Å². The van der Waals surface area contributed by atoms with Crippen molar-refractivity contribution in [3.8, 4) is 11.5 Å². The van der Waals surface area contributed by atoms with Crippen LogP contribution in [0.1, 0.15) is 12.8 Å². The molecule has 0 unspecified atom stereocenters. The molecule has 1 aliphatic heterocycles. The third-order valence-corrected chi connectivity index (χ3v) is 7.54. The lowest BCUT2D eigenvalue weighted by Crippen LogP contribution is -2.45. The number of rotatable bonds is 9. The number of carbonyl (C=O) groups is 1. The number of benzene rings is 1. The normalized spacial score (nSPS) is 17.5. The van der Waals surface area contributed by atoms with Crippen molar-refractivity contribution in [1.82, 2.24) is 24.8 Å². The third-order valence-electron chi connectivity index (χ3n) is 4.78. The second-order valence-electron chi connectivity index (χ2n) is 6.65. The Morgan fingerprint density at radius 3 is 2.90 bits per heavy atom. The van der Waals surface area contributed by atoms with Crippen LogP contribution in [0.5, 0.6) is 11.5 Å². The van der Waals surface area contributed by atoms with Crippen molar-refractivity contribution in [1.29, 1.82) is 0 Å². The number of nitrogens with zero attached hydrogens (tertiary/aromatic N) is 3. The van der Waals surface area contributed by atoms with E-state index in [2.05, 4.69) is 20.5 Å². The van der Waals surface area contributed by atoms with Crippen LogP contribution in [0.3, 0.4) is 0 Å². The van der Waals surface area contributed by atoms with Crippen molar-refractivity contribution in [2.75, 3.05) is 39.6 Å². The van der Waals surface area contributed by atoms with Crippen LogP contribution in [0.15, 0.2) is 34.6 Å². The maximum absolute atomic E-state index is 13.2. The fourth-order valence-corrected chi connectivity index (χ4v) is 5.56. The molecule has 1 fully saturated rings. The van der Waals surface area contributed by atoms with Crippen LogP contribution >= 0.6 is 11.8 Å². The molecule has 1 aromatic heterocycles. The van der Waals surface area contributed by atoms with Gasteiger partial charge in [0.25, 0.3) is 0 Å². The molecule has 2 N–H and O–H groups in total. The van der Waals surface area contributed by atoms with Crippen molar-refractivity contribution >= 4 is 27.7 Å². The van der Waals surface area contributed by atoms with E-state index in [1.54, 1.807) is 12.1 Å². The number of hydrogen-bond acceptors (Lipinski definition) is 8. The largest absolute Gasteiger partial charge is 0.497 e. The first-order valence-electron chi connectivity index (χ1n) is 9.43. The minimum absolute atomic E-state index is 0.0360. The van der Waals surface area contributed by atoms with E-state index >= 15 is 0 Å². The van der Waals surface area contributed by atoms with Crippen LogP contribution in [0.2, 0.25) is 0 Å². The second-order valence-corrected chi connectivity index (χ2v) is 9.64. The van der Waals surface area contributed by atoms with E-state index in [-0.39, 0.29) is 23.1 Å². The molecule has 1 aromatic carbocycles. The minimum atomic E-state index is -3.83. The summed E-state index contributed by atoms with van der Waals surface area (Å²) in [6.07, 6.45) is 2.67. The SMILES string of the molecule is COc1ccc(OC)c(S(=O)(=O)N2CCC[C@@H](C(=O)NCCSc3ncn[nH]3)C2)c1. The number of sulfonamides is 1. The number of methoxy groups -OCH3 is 2. The topological polar surface area (TPSA) is 127 Å². The average molecular weight is 456 g/mol. The molecule has 1 atom stereocenters.